The Labute approximate surface area is 605 Å². The van der Waals surface area contributed by atoms with Gasteiger partial charge in [-0.3, -0.25) is 37.3 Å². The molecule has 0 saturated heterocycles. The van der Waals surface area contributed by atoms with Crippen LogP contribution in [0.25, 0.3) is 0 Å². The summed E-state index contributed by atoms with van der Waals surface area (Å²) < 4.78 is 68.6. The zero-order chi connectivity index (χ0) is 72.8. The van der Waals surface area contributed by atoms with Crippen LogP contribution in [0.4, 0.5) is 0 Å². The van der Waals surface area contributed by atoms with Crippen molar-refractivity contribution in [2.45, 2.75) is 413 Å². The molecule has 0 aliphatic heterocycles. The maximum Gasteiger partial charge on any atom is 0.472 e. The molecule has 0 bridgehead atoms. The van der Waals surface area contributed by atoms with Crippen LogP contribution in [0.1, 0.15) is 395 Å². The van der Waals surface area contributed by atoms with Crippen LogP contribution in [0.5, 0.6) is 0 Å². The summed E-state index contributed by atoms with van der Waals surface area (Å²) in [5, 5.41) is 10.6. The van der Waals surface area contributed by atoms with Crippen molar-refractivity contribution in [3.05, 3.63) is 24.3 Å². The van der Waals surface area contributed by atoms with Gasteiger partial charge in [0.05, 0.1) is 26.4 Å². The molecule has 6 atom stereocenters. The summed E-state index contributed by atoms with van der Waals surface area (Å²) in [5.74, 6) is -0.522. The van der Waals surface area contributed by atoms with Gasteiger partial charge in [0, 0.05) is 25.7 Å². The number of esters is 4. The molecule has 3 unspecified atom stereocenters. The van der Waals surface area contributed by atoms with Crippen LogP contribution < -0.4 is 0 Å². The minimum atomic E-state index is -4.97. The predicted octanol–water partition coefficient (Wildman–Crippen LogP) is 23.4. The summed E-state index contributed by atoms with van der Waals surface area (Å²) in [5.41, 5.74) is 0. The van der Waals surface area contributed by atoms with Gasteiger partial charge in [0.2, 0.25) is 0 Å². The number of phosphoric acid groups is 2. The fourth-order valence-corrected chi connectivity index (χ4v) is 13.4. The summed E-state index contributed by atoms with van der Waals surface area (Å²) in [4.78, 5) is 72.9. The lowest BCUT2D eigenvalue weighted by Crippen LogP contribution is -2.30. The van der Waals surface area contributed by atoms with Crippen LogP contribution in [0.3, 0.4) is 0 Å². The lowest BCUT2D eigenvalue weighted by Gasteiger charge is -2.21. The Morgan fingerprint density at radius 1 is 0.333 bits per heavy atom. The number of rotatable bonds is 77. The molecule has 3 N–H and O–H groups in total. The van der Waals surface area contributed by atoms with E-state index in [2.05, 4.69) is 65.8 Å². The molecule has 0 heterocycles. The molecule has 17 nitrogen and oxygen atoms in total. The minimum absolute atomic E-state index is 0.101. The summed E-state index contributed by atoms with van der Waals surface area (Å²) in [7, 11) is -9.93. The van der Waals surface area contributed by atoms with Crippen molar-refractivity contribution in [2.24, 2.45) is 11.8 Å². The Morgan fingerprint density at radius 2 is 0.596 bits per heavy atom. The number of hydrogen-bond donors (Lipinski definition) is 3. The van der Waals surface area contributed by atoms with E-state index in [1.165, 1.54) is 193 Å². The van der Waals surface area contributed by atoms with Crippen molar-refractivity contribution in [1.29, 1.82) is 0 Å². The van der Waals surface area contributed by atoms with E-state index in [0.717, 1.165) is 121 Å². The molecule has 0 aliphatic carbocycles. The highest BCUT2D eigenvalue weighted by atomic mass is 31.2. The van der Waals surface area contributed by atoms with Crippen molar-refractivity contribution in [1.82, 2.24) is 0 Å². The smallest absolute Gasteiger partial charge is 0.462 e. The molecule has 0 rings (SSSR count). The van der Waals surface area contributed by atoms with Gasteiger partial charge < -0.3 is 33.8 Å². The van der Waals surface area contributed by atoms with E-state index in [4.69, 9.17) is 37.0 Å². The molecule has 0 spiro atoms. The maximum absolute atomic E-state index is 13.1. The maximum atomic E-state index is 13.1. The molecule has 0 aromatic heterocycles. The number of unbranched alkanes of at least 4 members (excludes halogenated alkanes) is 43. The molecular formula is C80H152O17P2. The first-order chi connectivity index (χ1) is 47.9. The highest BCUT2D eigenvalue weighted by molar-refractivity contribution is 7.47. The zero-order valence-corrected chi connectivity index (χ0v) is 66.1. The highest BCUT2D eigenvalue weighted by Gasteiger charge is 2.30. The Morgan fingerprint density at radius 3 is 0.909 bits per heavy atom. The molecule has 0 radical (unpaired) electrons. The van der Waals surface area contributed by atoms with Crippen LogP contribution in [-0.2, 0) is 65.4 Å². The van der Waals surface area contributed by atoms with Crippen LogP contribution in [0, 0.1) is 11.8 Å². The lowest BCUT2D eigenvalue weighted by atomic mass is 9.99. The number of aliphatic hydroxyl groups excluding tert-OH is 1. The summed E-state index contributed by atoms with van der Waals surface area (Å²) in [6.07, 6.45) is 63.2. The number of carbonyl (C=O) groups is 4. The van der Waals surface area contributed by atoms with Gasteiger partial charge in [0.25, 0.3) is 0 Å². The molecule has 0 fully saturated rings. The van der Waals surface area contributed by atoms with Crippen molar-refractivity contribution in [3.8, 4) is 0 Å². The van der Waals surface area contributed by atoms with Crippen molar-refractivity contribution in [2.75, 3.05) is 39.6 Å². The molecule has 0 aromatic rings. The molecule has 584 valence electrons. The minimum Gasteiger partial charge on any atom is -0.462 e. The van der Waals surface area contributed by atoms with Gasteiger partial charge in [-0.2, -0.15) is 0 Å². The number of ether oxygens (including phenoxy) is 4. The van der Waals surface area contributed by atoms with Gasteiger partial charge >= 0.3 is 39.5 Å². The molecule has 0 aromatic carbocycles. The van der Waals surface area contributed by atoms with Gasteiger partial charge in [-0.05, 0) is 63.2 Å². The fourth-order valence-electron chi connectivity index (χ4n) is 11.8. The Hall–Kier alpha value is -2.46. The van der Waals surface area contributed by atoms with E-state index in [1.807, 2.05) is 0 Å². The molecule has 0 aliphatic rings. The van der Waals surface area contributed by atoms with E-state index in [0.29, 0.717) is 25.7 Å². The third-order valence-electron chi connectivity index (χ3n) is 18.4. The van der Waals surface area contributed by atoms with Crippen molar-refractivity contribution in [3.63, 3.8) is 0 Å². The molecule has 0 amide bonds. The third-order valence-corrected chi connectivity index (χ3v) is 20.3. The van der Waals surface area contributed by atoms with E-state index < -0.39 is 97.5 Å². The Bertz CT molecular complexity index is 2000. The first kappa shape index (κ1) is 96.5. The number of carbonyl (C=O) groups excluding carboxylic acids is 4. The molecule has 99 heavy (non-hydrogen) atoms. The Balaban J connectivity index is 5.24. The van der Waals surface area contributed by atoms with Gasteiger partial charge in [0.15, 0.2) is 12.2 Å². The fraction of sp³-hybridized carbons (Fsp3) is 0.900. The van der Waals surface area contributed by atoms with Crippen LogP contribution >= 0.6 is 15.6 Å². The predicted molar refractivity (Wildman–Crippen MR) is 404 cm³/mol. The number of phosphoric ester groups is 2. The molecule has 0 saturated carbocycles. The summed E-state index contributed by atoms with van der Waals surface area (Å²) in [6, 6.07) is 0. The van der Waals surface area contributed by atoms with Crippen LogP contribution in [0.2, 0.25) is 0 Å². The van der Waals surface area contributed by atoms with E-state index in [-0.39, 0.29) is 25.7 Å². The topological polar surface area (TPSA) is 237 Å². The SMILES string of the molecule is CCCCCC/C=C\C=C/CCCCCCCC(=O)OC[C@H](COP(=O)(O)OC[C@@H](O)COP(=O)(O)OC[C@@H](COC(=O)CCCCCCCCCCC)OC(=O)CCCCCCCCCCCCC(C)CC)OC(=O)CCCCCCCCCCCCCCCCCCCCC(C)C. The van der Waals surface area contributed by atoms with Gasteiger partial charge in [-0.15, -0.1) is 0 Å². The quantitative estimate of drug-likeness (QED) is 0.0169. The number of hydrogen-bond acceptors (Lipinski definition) is 15. The zero-order valence-electron chi connectivity index (χ0n) is 64.3. The van der Waals surface area contributed by atoms with Crippen LogP contribution in [-0.4, -0.2) is 96.7 Å². The van der Waals surface area contributed by atoms with Crippen molar-refractivity contribution >= 4 is 39.5 Å². The van der Waals surface area contributed by atoms with Gasteiger partial charge in [-0.1, -0.05) is 342 Å². The first-order valence-corrected chi connectivity index (χ1v) is 43.8. The largest absolute Gasteiger partial charge is 0.472 e. The van der Waals surface area contributed by atoms with Crippen LogP contribution in [0.15, 0.2) is 24.3 Å². The van der Waals surface area contributed by atoms with E-state index in [1.54, 1.807) is 0 Å². The second kappa shape index (κ2) is 71.2. The first-order valence-electron chi connectivity index (χ1n) is 40.8. The highest BCUT2D eigenvalue weighted by Crippen LogP contribution is 2.45. The lowest BCUT2D eigenvalue weighted by molar-refractivity contribution is -0.161. The second-order valence-corrected chi connectivity index (χ2v) is 31.7. The number of aliphatic hydroxyl groups is 1. The summed E-state index contributed by atoms with van der Waals surface area (Å²) >= 11 is 0. The summed E-state index contributed by atoms with van der Waals surface area (Å²) in [6.45, 7) is 9.60. The van der Waals surface area contributed by atoms with Gasteiger partial charge in [0.1, 0.15) is 19.3 Å². The second-order valence-electron chi connectivity index (χ2n) is 28.8. The monoisotopic (exact) mass is 1450 g/mol. The average Bonchev–Trinajstić information content (AvgIpc) is 1.07. The van der Waals surface area contributed by atoms with E-state index in [9.17, 15) is 43.2 Å². The van der Waals surface area contributed by atoms with Crippen molar-refractivity contribution < 1.29 is 80.2 Å². The molecule has 19 heteroatoms. The van der Waals surface area contributed by atoms with E-state index >= 15 is 0 Å². The third kappa shape index (κ3) is 72.3. The molecular weight excluding hydrogens is 1290 g/mol. The van der Waals surface area contributed by atoms with Gasteiger partial charge in [-0.25, -0.2) is 9.13 Å². The number of allylic oxidation sites excluding steroid dienone is 4. The average molecular weight is 1450 g/mol. The standard InChI is InChI=1S/C80H152O17P2/c1-7-10-12-14-16-18-19-20-25-29-32-39-45-51-57-63-78(83)91-69-76(96-79(84)64-58-52-46-40-33-30-27-24-22-21-23-26-28-31-37-42-48-54-60-72(4)5)71-95-99(88,89)93-67-74(81)66-92-98(86,87)94-70-75(68-90-77(82)62-56-50-44-36-17-15-13-11-8-2)97-80(85)65-59-53-47-41-35-34-38-43-49-55-61-73(6)9-3/h18-20,25,72-76,81H,7-17,21-24,26-71H2,1-6H3,(H,86,87)(H,88,89)/b19-18-,25-20-/t73?,74-,75+,76+/m0/s1. The Kier molecular flexibility index (Phi) is 69.4. The normalized spacial score (nSPS) is 14.4.